The first kappa shape index (κ1) is 24.9. The molecule has 1 N–H and O–H groups in total. The minimum absolute atomic E-state index is 0.141. The Morgan fingerprint density at radius 3 is 2.44 bits per heavy atom. The van der Waals surface area contributed by atoms with Gasteiger partial charge in [-0.25, -0.2) is 14.6 Å². The van der Waals surface area contributed by atoms with Crippen LogP contribution in [0, 0.1) is 0 Å². The number of ether oxygens (including phenoxy) is 2. The smallest absolute Gasteiger partial charge is 0.237 e. The number of benzene rings is 3. The van der Waals surface area contributed by atoms with Gasteiger partial charge in [0, 0.05) is 17.3 Å². The summed E-state index contributed by atoms with van der Waals surface area (Å²) in [4.78, 5) is 23.2. The van der Waals surface area contributed by atoms with Gasteiger partial charge in [-0.05, 0) is 37.6 Å². The molecule has 3 heterocycles. The van der Waals surface area contributed by atoms with Crippen LogP contribution in [0.4, 0.5) is 5.69 Å². The molecule has 1 aliphatic rings. The number of hydrogen-bond acceptors (Lipinski definition) is 7. The Labute approximate surface area is 230 Å². The first-order valence-electron chi connectivity index (χ1n) is 12.9. The summed E-state index contributed by atoms with van der Waals surface area (Å²) < 4.78 is 13.1. The van der Waals surface area contributed by atoms with E-state index in [2.05, 4.69) is 12.2 Å². The lowest BCUT2D eigenvalue weighted by atomic mass is 10.2. The van der Waals surface area contributed by atoms with Crippen LogP contribution in [0.1, 0.15) is 19.5 Å². The Morgan fingerprint density at radius 2 is 1.69 bits per heavy atom. The molecule has 0 bridgehead atoms. The fraction of sp³-hybridized carbons (Fsp3) is 0.200. The highest BCUT2D eigenvalue weighted by atomic mass is 32.2. The van der Waals surface area contributed by atoms with Crippen molar-refractivity contribution in [2.24, 2.45) is 0 Å². The van der Waals surface area contributed by atoms with Crippen molar-refractivity contribution < 1.29 is 14.3 Å². The van der Waals surface area contributed by atoms with Crippen molar-refractivity contribution in [3.8, 4) is 28.6 Å². The predicted molar refractivity (Wildman–Crippen MR) is 153 cm³/mol. The molecule has 6 rings (SSSR count). The number of aromatic nitrogens is 4. The lowest BCUT2D eigenvalue weighted by Crippen LogP contribution is -2.23. The Morgan fingerprint density at radius 1 is 0.974 bits per heavy atom. The largest absolute Gasteiger partial charge is 0.486 e. The van der Waals surface area contributed by atoms with Crippen LogP contribution in [0.2, 0.25) is 0 Å². The fourth-order valence-electron chi connectivity index (χ4n) is 4.44. The molecule has 0 saturated heterocycles. The molecule has 39 heavy (non-hydrogen) atoms. The highest BCUT2D eigenvalue weighted by Crippen LogP contribution is 2.36. The van der Waals surface area contributed by atoms with Crippen LogP contribution < -0.4 is 14.8 Å². The van der Waals surface area contributed by atoms with E-state index in [4.69, 9.17) is 24.5 Å². The number of anilines is 1. The molecule has 9 heteroatoms. The van der Waals surface area contributed by atoms with Crippen molar-refractivity contribution in [2.45, 2.75) is 30.5 Å². The van der Waals surface area contributed by atoms with E-state index in [9.17, 15) is 4.79 Å². The van der Waals surface area contributed by atoms with E-state index in [-0.39, 0.29) is 5.91 Å². The molecule has 0 radical (unpaired) electrons. The third-order valence-electron chi connectivity index (χ3n) is 6.40. The maximum atomic E-state index is 13.3. The first-order valence-corrected chi connectivity index (χ1v) is 13.8. The Kier molecular flexibility index (Phi) is 6.89. The number of rotatable bonds is 7. The summed E-state index contributed by atoms with van der Waals surface area (Å²) in [5, 5.41) is 9.07. The molecule has 2 aromatic heterocycles. The number of carbonyl (C=O) groups excluding carboxylic acids is 1. The van der Waals surface area contributed by atoms with Crippen LogP contribution in [0.5, 0.6) is 11.5 Å². The van der Waals surface area contributed by atoms with Crippen LogP contribution in [-0.2, 0) is 11.2 Å². The summed E-state index contributed by atoms with van der Waals surface area (Å²) in [6, 6.07) is 25.2. The molecular formula is C30H27N5O3S. The molecule has 1 amide bonds. The van der Waals surface area contributed by atoms with E-state index < -0.39 is 5.25 Å². The van der Waals surface area contributed by atoms with E-state index in [0.29, 0.717) is 48.3 Å². The van der Waals surface area contributed by atoms with Crippen LogP contribution >= 0.6 is 11.8 Å². The topological polar surface area (TPSA) is 91.2 Å². The van der Waals surface area contributed by atoms with Gasteiger partial charge in [0.1, 0.15) is 18.2 Å². The lowest BCUT2D eigenvalue weighted by molar-refractivity contribution is -0.115. The van der Waals surface area contributed by atoms with Gasteiger partial charge in [0.25, 0.3) is 0 Å². The van der Waals surface area contributed by atoms with Crippen LogP contribution in [0.3, 0.4) is 0 Å². The molecule has 0 fully saturated rings. The molecule has 1 aliphatic heterocycles. The number of fused-ring (bicyclic) bond motifs is 2. The summed E-state index contributed by atoms with van der Waals surface area (Å²) >= 11 is 1.40. The second-order valence-corrected chi connectivity index (χ2v) is 10.4. The van der Waals surface area contributed by atoms with Gasteiger partial charge in [-0.1, -0.05) is 67.2 Å². The normalized spacial score (nSPS) is 13.3. The number of hydrogen-bond donors (Lipinski definition) is 1. The third-order valence-corrected chi connectivity index (χ3v) is 7.49. The molecule has 196 valence electrons. The van der Waals surface area contributed by atoms with E-state index in [1.807, 2.05) is 84.4 Å². The summed E-state index contributed by atoms with van der Waals surface area (Å²) in [5.41, 5.74) is 4.07. The van der Waals surface area contributed by atoms with Crippen molar-refractivity contribution in [2.75, 3.05) is 18.5 Å². The van der Waals surface area contributed by atoms with Crippen molar-refractivity contribution in [1.82, 2.24) is 19.7 Å². The van der Waals surface area contributed by atoms with Gasteiger partial charge in [0.05, 0.1) is 22.0 Å². The second kappa shape index (κ2) is 10.8. The number of amides is 1. The van der Waals surface area contributed by atoms with Gasteiger partial charge in [0.2, 0.25) is 5.91 Å². The van der Waals surface area contributed by atoms with Crippen molar-refractivity contribution in [3.63, 3.8) is 0 Å². The molecule has 1 atom stereocenters. The fourth-order valence-corrected chi connectivity index (χ4v) is 5.40. The van der Waals surface area contributed by atoms with Crippen molar-refractivity contribution >= 4 is 34.4 Å². The average Bonchev–Trinajstić information content (AvgIpc) is 3.37. The second-order valence-electron chi connectivity index (χ2n) is 9.07. The van der Waals surface area contributed by atoms with Gasteiger partial charge in [-0.15, -0.1) is 0 Å². The molecule has 0 aliphatic carbocycles. The molecule has 0 saturated carbocycles. The van der Waals surface area contributed by atoms with E-state index in [1.165, 1.54) is 11.8 Å². The minimum Gasteiger partial charge on any atom is -0.486 e. The van der Waals surface area contributed by atoms with E-state index in [1.54, 1.807) is 6.07 Å². The summed E-state index contributed by atoms with van der Waals surface area (Å²) in [5.74, 6) is 1.76. The standard InChI is InChI=1S/C30H27N5O3S/c1-3-23-26-28(35(34-23)22-12-8-5-9-13-22)32-27(20-10-6-4-7-11-20)33-30(26)39-19(2)29(36)31-21-14-15-24-25(18-21)38-17-16-37-24/h4-15,18-19H,3,16-17H2,1-2H3,(H,31,36)/t19-/m0/s1. The summed E-state index contributed by atoms with van der Waals surface area (Å²) in [7, 11) is 0. The van der Waals surface area contributed by atoms with Gasteiger partial charge >= 0.3 is 0 Å². The maximum Gasteiger partial charge on any atom is 0.237 e. The molecule has 5 aromatic rings. The zero-order valence-corrected chi connectivity index (χ0v) is 22.4. The third kappa shape index (κ3) is 5.05. The van der Waals surface area contributed by atoms with Gasteiger partial charge in [-0.2, -0.15) is 5.10 Å². The number of thioether (sulfide) groups is 1. The summed E-state index contributed by atoms with van der Waals surface area (Å²) in [6.45, 7) is 4.95. The quantitative estimate of drug-likeness (QED) is 0.203. The zero-order valence-electron chi connectivity index (χ0n) is 21.6. The van der Waals surface area contributed by atoms with Crippen LogP contribution in [0.25, 0.3) is 28.1 Å². The average molecular weight is 538 g/mol. The van der Waals surface area contributed by atoms with E-state index in [0.717, 1.165) is 27.4 Å². The Bertz CT molecular complexity index is 1640. The number of carbonyl (C=O) groups is 1. The van der Waals surface area contributed by atoms with Gasteiger partial charge < -0.3 is 14.8 Å². The maximum absolute atomic E-state index is 13.3. The first-order chi connectivity index (χ1) is 19.1. The molecule has 3 aromatic carbocycles. The van der Waals surface area contributed by atoms with Gasteiger partial charge in [0.15, 0.2) is 23.0 Å². The van der Waals surface area contributed by atoms with Crippen molar-refractivity contribution in [1.29, 1.82) is 0 Å². The highest BCUT2D eigenvalue weighted by molar-refractivity contribution is 8.00. The summed E-state index contributed by atoms with van der Waals surface area (Å²) in [6.07, 6.45) is 0.704. The molecule has 0 spiro atoms. The SMILES string of the molecule is CCc1nn(-c2ccccc2)c2nc(-c3ccccc3)nc(S[C@@H](C)C(=O)Nc3ccc4c(c3)OCCO4)c12. The number of nitrogens with zero attached hydrogens (tertiary/aromatic N) is 4. The highest BCUT2D eigenvalue weighted by Gasteiger charge is 2.24. The number of para-hydroxylation sites is 1. The Hall–Kier alpha value is -4.37. The predicted octanol–water partition coefficient (Wildman–Crippen LogP) is 5.94. The van der Waals surface area contributed by atoms with Crippen molar-refractivity contribution in [3.05, 3.63) is 84.6 Å². The zero-order chi connectivity index (χ0) is 26.8. The van der Waals surface area contributed by atoms with Crippen LogP contribution in [0.15, 0.2) is 83.9 Å². The van der Waals surface area contributed by atoms with Gasteiger partial charge in [-0.3, -0.25) is 4.79 Å². The molecule has 0 unspecified atom stereocenters. The monoisotopic (exact) mass is 537 g/mol. The Balaban J connectivity index is 1.37. The lowest BCUT2D eigenvalue weighted by Gasteiger charge is -2.19. The molecular weight excluding hydrogens is 510 g/mol. The number of aryl methyl sites for hydroxylation is 1. The minimum atomic E-state index is -0.440. The number of nitrogens with one attached hydrogen (secondary N) is 1. The van der Waals surface area contributed by atoms with E-state index >= 15 is 0 Å². The molecule has 8 nitrogen and oxygen atoms in total. The van der Waals surface area contributed by atoms with Crippen LogP contribution in [-0.4, -0.2) is 44.1 Å².